The van der Waals surface area contributed by atoms with Gasteiger partial charge in [-0.3, -0.25) is 24.0 Å². The normalized spacial score (nSPS) is 49.9. The van der Waals surface area contributed by atoms with Gasteiger partial charge < -0.3 is 130 Å². The van der Waals surface area contributed by atoms with Gasteiger partial charge in [0, 0.05) is 0 Å². The molecule has 0 aromatic heterocycles. The minimum Gasteiger partial charge on any atom is -0.394 e. The van der Waals surface area contributed by atoms with E-state index in [-0.39, 0.29) is 25.6 Å². The zero-order valence-corrected chi connectivity index (χ0v) is 39.4. The molecule has 0 aromatic carbocycles. The molecule has 0 bridgehead atoms. The summed E-state index contributed by atoms with van der Waals surface area (Å²) < 4.78 is 66.4. The summed E-state index contributed by atoms with van der Waals surface area (Å²) in [7, 11) is 0. The molecular formula is C41H67N5O26. The van der Waals surface area contributed by atoms with Crippen molar-refractivity contribution in [2.24, 2.45) is 0 Å². The Balaban J connectivity index is 1.35. The van der Waals surface area contributed by atoms with E-state index in [1.54, 1.807) is 0 Å². The molecule has 31 heteroatoms. The lowest BCUT2D eigenvalue weighted by Gasteiger charge is -2.51. The van der Waals surface area contributed by atoms with E-state index in [0.29, 0.717) is 6.41 Å². The van der Waals surface area contributed by atoms with Crippen LogP contribution in [0.4, 0.5) is 0 Å². The van der Waals surface area contributed by atoms with Gasteiger partial charge in [0.25, 0.3) is 0 Å². The van der Waals surface area contributed by atoms with Crippen molar-refractivity contribution in [1.29, 1.82) is 0 Å². The van der Waals surface area contributed by atoms with Crippen LogP contribution in [0.25, 0.3) is 0 Å². The number of hydrogen-bond acceptors (Lipinski definition) is 26. The molecule has 31 nitrogen and oxygen atoms in total. The maximum Gasteiger partial charge on any atom is 0.207 e. The van der Waals surface area contributed by atoms with Crippen molar-refractivity contribution in [2.75, 3.05) is 6.61 Å². The van der Waals surface area contributed by atoms with E-state index in [2.05, 4.69) is 26.6 Å². The lowest BCUT2D eigenvalue weighted by molar-refractivity contribution is -0.401. The molecule has 0 aliphatic carbocycles. The number of amides is 5. The molecule has 0 saturated carbocycles. The van der Waals surface area contributed by atoms with E-state index in [1.807, 2.05) is 0 Å². The van der Waals surface area contributed by atoms with Crippen LogP contribution in [0.1, 0.15) is 34.6 Å². The zero-order valence-electron chi connectivity index (χ0n) is 39.4. The van der Waals surface area contributed by atoms with Crippen molar-refractivity contribution >= 4 is 32.1 Å². The standard InChI is InChI=1S/C41H67N5O26/c1-12-18(42-7-48)24(54)31(36(61)62-12)68-38-33(26(56)20(44-9-50)13(2)63-38)70-40-35(28(58)22(46-11-52)15(4)65-40)72-41-34(27(57)21(45-10-51)16(5)66-41)71-39-32(25(55)19(43-8-49)14(3)64-39)69-37-30(60)29(59)23(53)17(6-47)67-37/h7-41,47,53-61H,6H2,1-5H3,(H,42,48)(H,43,49)(H,44,50)(H,45,51)(H,46,52)/t12-,13-,14-,15-,16-,17-,18-,19-,20-,21-,22-,23-,24+,25+,26+,27+,28+,29+,30+,31+,32+,33+,34+,35+,36+,37-,38-,39-,40-,41-/m1/s1. The summed E-state index contributed by atoms with van der Waals surface area (Å²) in [6, 6.07) is -6.22. The first kappa shape index (κ1) is 57.8. The van der Waals surface area contributed by atoms with Gasteiger partial charge in [0.1, 0.15) is 85.5 Å². The van der Waals surface area contributed by atoms with Crippen LogP contribution in [0.5, 0.6) is 0 Å². The molecular weight excluding hydrogens is 978 g/mol. The van der Waals surface area contributed by atoms with Crippen LogP contribution in [-0.2, 0) is 76.1 Å². The maximum atomic E-state index is 12.0. The Morgan fingerprint density at radius 3 is 0.903 bits per heavy atom. The van der Waals surface area contributed by atoms with Gasteiger partial charge in [-0.2, -0.15) is 0 Å². The summed E-state index contributed by atoms with van der Waals surface area (Å²) in [6.45, 7) is 6.28. The van der Waals surface area contributed by atoms with Crippen molar-refractivity contribution in [2.45, 2.75) is 219 Å². The van der Waals surface area contributed by atoms with Gasteiger partial charge in [-0.1, -0.05) is 0 Å². The first-order chi connectivity index (χ1) is 34.3. The molecule has 6 saturated heterocycles. The molecule has 0 radical (unpaired) electrons. The van der Waals surface area contributed by atoms with Crippen molar-refractivity contribution < 1.29 is 127 Å². The molecule has 72 heavy (non-hydrogen) atoms. The van der Waals surface area contributed by atoms with Crippen LogP contribution in [0.3, 0.4) is 0 Å². The summed E-state index contributed by atoms with van der Waals surface area (Å²) >= 11 is 0. The van der Waals surface area contributed by atoms with E-state index in [1.165, 1.54) is 34.6 Å². The maximum absolute atomic E-state index is 12.0. The average Bonchev–Trinajstić information content (AvgIpc) is 3.33. The zero-order chi connectivity index (χ0) is 52.9. The highest BCUT2D eigenvalue weighted by Crippen LogP contribution is 2.37. The van der Waals surface area contributed by atoms with Gasteiger partial charge in [-0.15, -0.1) is 0 Å². The van der Waals surface area contributed by atoms with Crippen LogP contribution in [0.2, 0.25) is 0 Å². The second kappa shape index (κ2) is 25.4. The SMILES string of the molecule is C[C@H]1O[C@H](O[C@@H]2[C@@H](O[C@@H]3[C@@H](O[C@@H]4[C@@H](O[C@H]5[C@@H](O)[C@H](NC=O)[C@@H](C)O[C@@H]5O)O[C@H](C)[C@@H](NC=O)[C@@H]4O)O[C@H](C)[C@@H](NC=O)[C@@H]3O)O[C@H](C)[C@@H](NC=O)[C@@H]2O)[C@@H](O[C@H]2O[C@H](CO)[C@@H](O)[C@H](O)[C@@H]2O)[C@@H](O)[C@@H]1NC=O. The van der Waals surface area contributed by atoms with Gasteiger partial charge >= 0.3 is 0 Å². The van der Waals surface area contributed by atoms with Crippen molar-refractivity contribution in [3.8, 4) is 0 Å². The molecule has 0 unspecified atom stereocenters. The van der Waals surface area contributed by atoms with E-state index in [4.69, 9.17) is 52.1 Å². The number of aliphatic hydroxyl groups excluding tert-OH is 10. The van der Waals surface area contributed by atoms with Crippen molar-refractivity contribution in [3.63, 3.8) is 0 Å². The van der Waals surface area contributed by atoms with E-state index in [0.717, 1.165) is 0 Å². The average molecular weight is 1050 g/mol. The van der Waals surface area contributed by atoms with Crippen molar-refractivity contribution in [1.82, 2.24) is 26.6 Å². The number of nitrogens with one attached hydrogen (secondary N) is 5. The fourth-order valence-electron chi connectivity index (χ4n) is 9.78. The third-order valence-electron chi connectivity index (χ3n) is 13.8. The Hall–Kier alpha value is -3.49. The molecule has 6 fully saturated rings. The summed E-state index contributed by atoms with van der Waals surface area (Å²) in [5.41, 5.74) is 0. The highest BCUT2D eigenvalue weighted by Gasteiger charge is 2.58. The van der Waals surface area contributed by atoms with Gasteiger partial charge in [-0.05, 0) is 34.6 Å². The third kappa shape index (κ3) is 12.1. The minimum absolute atomic E-state index is 0.246. The fraction of sp³-hybridized carbons (Fsp3) is 0.878. The van der Waals surface area contributed by atoms with Crippen LogP contribution in [0.15, 0.2) is 0 Å². The van der Waals surface area contributed by atoms with Gasteiger partial charge in [-0.25, -0.2) is 0 Å². The summed E-state index contributed by atoms with van der Waals surface area (Å²) in [4.78, 5) is 58.5. The van der Waals surface area contributed by atoms with E-state index < -0.39 is 191 Å². The predicted octanol–water partition coefficient (Wildman–Crippen LogP) is -10.2. The topological polar surface area (TPSA) is 449 Å². The quantitative estimate of drug-likeness (QED) is 0.0475. The summed E-state index contributed by atoms with van der Waals surface area (Å²) in [6.07, 6.45) is -40.8. The van der Waals surface area contributed by atoms with Crippen LogP contribution in [-0.4, -0.2) is 274 Å². The Morgan fingerprint density at radius 2 is 0.611 bits per heavy atom. The number of carbonyl (C=O) groups excluding carboxylic acids is 5. The van der Waals surface area contributed by atoms with Crippen LogP contribution >= 0.6 is 0 Å². The lowest BCUT2D eigenvalue weighted by atomic mass is 9.93. The molecule has 6 rings (SSSR count). The second-order valence-electron chi connectivity index (χ2n) is 18.3. The Labute approximate surface area is 410 Å². The van der Waals surface area contributed by atoms with Crippen LogP contribution in [0, 0.1) is 0 Å². The third-order valence-corrected chi connectivity index (χ3v) is 13.8. The number of hydrogen-bond donors (Lipinski definition) is 15. The Kier molecular flexibility index (Phi) is 20.4. The lowest BCUT2D eigenvalue weighted by Crippen LogP contribution is -2.70. The van der Waals surface area contributed by atoms with E-state index >= 15 is 0 Å². The smallest absolute Gasteiger partial charge is 0.207 e. The molecule has 0 spiro atoms. The number of ether oxygens (including phenoxy) is 11. The van der Waals surface area contributed by atoms with Gasteiger partial charge in [0.05, 0.1) is 67.3 Å². The molecule has 6 heterocycles. The molecule has 15 N–H and O–H groups in total. The highest BCUT2D eigenvalue weighted by molar-refractivity contribution is 5.48. The minimum atomic E-state index is -2.02. The first-order valence-electron chi connectivity index (χ1n) is 23.2. The number of aliphatic hydroxyl groups is 10. The summed E-state index contributed by atoms with van der Waals surface area (Å²) in [5, 5.41) is 123. The second-order valence-corrected chi connectivity index (χ2v) is 18.3. The predicted molar refractivity (Wildman–Crippen MR) is 227 cm³/mol. The Morgan fingerprint density at radius 1 is 0.347 bits per heavy atom. The highest BCUT2D eigenvalue weighted by atomic mass is 16.8. The summed E-state index contributed by atoms with van der Waals surface area (Å²) in [5.74, 6) is 0. The monoisotopic (exact) mass is 1050 g/mol. The first-order valence-corrected chi connectivity index (χ1v) is 23.2. The largest absolute Gasteiger partial charge is 0.394 e. The fourth-order valence-corrected chi connectivity index (χ4v) is 9.78. The molecule has 6 aliphatic rings. The Bertz CT molecular complexity index is 1770. The number of rotatable bonds is 21. The number of carbonyl (C=O) groups is 5. The van der Waals surface area contributed by atoms with Crippen molar-refractivity contribution in [3.05, 3.63) is 0 Å². The molecule has 30 atom stereocenters. The van der Waals surface area contributed by atoms with E-state index in [9.17, 15) is 75.0 Å². The van der Waals surface area contributed by atoms with Crippen LogP contribution < -0.4 is 26.6 Å². The van der Waals surface area contributed by atoms with Gasteiger partial charge in [0.15, 0.2) is 37.7 Å². The molecule has 6 aliphatic heterocycles. The van der Waals surface area contributed by atoms with Gasteiger partial charge in [0.2, 0.25) is 32.1 Å². The molecule has 5 amide bonds. The molecule has 412 valence electrons. The molecule has 0 aromatic rings.